The summed E-state index contributed by atoms with van der Waals surface area (Å²) in [4.78, 5) is 21.6. The third-order valence-electron chi connectivity index (χ3n) is 2.59. The molecular formula is C13H12BrNO4. The van der Waals surface area contributed by atoms with Crippen LogP contribution in [0.2, 0.25) is 0 Å². The van der Waals surface area contributed by atoms with E-state index in [1.54, 1.807) is 12.1 Å². The smallest absolute Gasteiger partial charge is 0.337 e. The average Bonchev–Trinajstić information content (AvgIpc) is 2.37. The average molecular weight is 326 g/mol. The summed E-state index contributed by atoms with van der Waals surface area (Å²) in [5.74, 6) is -1.61. The molecule has 0 saturated heterocycles. The van der Waals surface area contributed by atoms with Crippen molar-refractivity contribution in [1.82, 2.24) is 0 Å². The molecule has 0 spiro atoms. The summed E-state index contributed by atoms with van der Waals surface area (Å²) in [6, 6.07) is 6.57. The zero-order chi connectivity index (χ0) is 14.6. The van der Waals surface area contributed by atoms with Crippen LogP contribution in [-0.2, 0) is 16.0 Å². The number of nitrogens with zero attached hydrogens (tertiary/aromatic N) is 1. The van der Waals surface area contributed by atoms with Crippen molar-refractivity contribution in [2.45, 2.75) is 24.3 Å². The zero-order valence-electron chi connectivity index (χ0n) is 10.1. The Hall–Kier alpha value is -1.71. The van der Waals surface area contributed by atoms with Gasteiger partial charge in [0, 0.05) is 0 Å². The van der Waals surface area contributed by atoms with Gasteiger partial charge in [-0.15, -0.1) is 0 Å². The minimum Gasteiger partial charge on any atom is -0.479 e. The second kappa shape index (κ2) is 6.45. The molecule has 0 aliphatic heterocycles. The summed E-state index contributed by atoms with van der Waals surface area (Å²) in [5.41, 5.74) is 1.10. The lowest BCUT2D eigenvalue weighted by atomic mass is 9.95. The summed E-state index contributed by atoms with van der Waals surface area (Å²) >= 11 is 3.16. The second-order valence-electron chi connectivity index (χ2n) is 4.01. The van der Waals surface area contributed by atoms with Crippen LogP contribution in [0.5, 0.6) is 0 Å². The van der Waals surface area contributed by atoms with Crippen LogP contribution >= 0.6 is 15.9 Å². The van der Waals surface area contributed by atoms with E-state index >= 15 is 0 Å². The monoisotopic (exact) mass is 325 g/mol. The predicted molar refractivity (Wildman–Crippen MR) is 70.7 cm³/mol. The lowest BCUT2D eigenvalue weighted by Crippen LogP contribution is -2.15. The molecule has 0 heterocycles. The van der Waals surface area contributed by atoms with Crippen LogP contribution in [0.25, 0.3) is 0 Å². The van der Waals surface area contributed by atoms with Gasteiger partial charge in [0.05, 0.1) is 17.3 Å². The first-order chi connectivity index (χ1) is 8.88. The van der Waals surface area contributed by atoms with E-state index in [0.29, 0.717) is 11.1 Å². The van der Waals surface area contributed by atoms with Crippen LogP contribution in [0.3, 0.4) is 0 Å². The molecule has 0 aliphatic carbocycles. The number of Topliss-reactive ketones (excluding diaryl/α,β-unsaturated/α-hetero) is 1. The van der Waals surface area contributed by atoms with Crippen molar-refractivity contribution in [3.05, 3.63) is 34.9 Å². The van der Waals surface area contributed by atoms with Crippen LogP contribution in [0.4, 0.5) is 0 Å². The molecule has 6 heteroatoms. The third-order valence-corrected chi connectivity index (χ3v) is 3.73. The maximum atomic E-state index is 11.4. The number of carbonyl (C=O) groups is 2. The highest BCUT2D eigenvalue weighted by Crippen LogP contribution is 2.31. The molecular weight excluding hydrogens is 314 g/mol. The normalized spacial score (nSPS) is 13.4. The molecule has 2 unspecified atom stereocenters. The van der Waals surface area contributed by atoms with Gasteiger partial charge in [-0.25, -0.2) is 4.79 Å². The fourth-order valence-corrected chi connectivity index (χ4v) is 2.06. The largest absolute Gasteiger partial charge is 0.479 e. The first-order valence-electron chi connectivity index (χ1n) is 5.43. The Morgan fingerprint density at radius 1 is 1.42 bits per heavy atom. The number of carbonyl (C=O) groups excluding carboxylic acids is 1. The Morgan fingerprint density at radius 2 is 2.05 bits per heavy atom. The molecule has 1 aromatic rings. The topological polar surface area (TPSA) is 98.4 Å². The molecule has 2 atom stereocenters. The maximum absolute atomic E-state index is 11.4. The summed E-state index contributed by atoms with van der Waals surface area (Å²) in [7, 11) is 0. The van der Waals surface area contributed by atoms with E-state index in [0.717, 1.165) is 0 Å². The van der Waals surface area contributed by atoms with E-state index < -0.39 is 16.9 Å². The van der Waals surface area contributed by atoms with E-state index in [1.165, 1.54) is 13.0 Å². The number of aliphatic hydroxyl groups is 1. The molecule has 19 heavy (non-hydrogen) atoms. The highest BCUT2D eigenvalue weighted by molar-refractivity contribution is 9.09. The fraction of sp³-hybridized carbons (Fsp3) is 0.308. The van der Waals surface area contributed by atoms with Gasteiger partial charge in [0.2, 0.25) is 0 Å². The number of hydrogen-bond acceptors (Lipinski definition) is 4. The molecule has 100 valence electrons. The molecule has 0 fully saturated rings. The number of benzene rings is 1. The molecule has 2 N–H and O–H groups in total. The Bertz CT molecular complexity index is 550. The number of aliphatic hydroxyl groups excluding tert-OH is 1. The standard InChI is InChI=1S/C13H12BrNO4/c1-7(16)11(14)9-3-2-8(4-5-15)6-10(9)12(17)13(18)19/h2-3,6,11-12,17H,4H2,1H3,(H,18,19). The lowest BCUT2D eigenvalue weighted by molar-refractivity contribution is -0.147. The molecule has 5 nitrogen and oxygen atoms in total. The quantitative estimate of drug-likeness (QED) is 0.805. The number of nitriles is 1. The molecule has 0 radical (unpaired) electrons. The first-order valence-corrected chi connectivity index (χ1v) is 6.35. The van der Waals surface area contributed by atoms with Gasteiger partial charge in [-0.2, -0.15) is 5.26 Å². The summed E-state index contributed by atoms with van der Waals surface area (Å²) in [6.07, 6.45) is -1.62. The van der Waals surface area contributed by atoms with Crippen LogP contribution in [0.15, 0.2) is 18.2 Å². The van der Waals surface area contributed by atoms with Gasteiger partial charge in [-0.05, 0) is 23.6 Å². The number of alkyl halides is 1. The van der Waals surface area contributed by atoms with Gasteiger partial charge in [0.15, 0.2) is 6.10 Å². The Kier molecular flexibility index (Phi) is 5.21. The summed E-state index contributed by atoms with van der Waals surface area (Å²) in [5, 5.41) is 27.2. The number of aliphatic carboxylic acids is 1. The molecule has 0 bridgehead atoms. The van der Waals surface area contributed by atoms with Crippen LogP contribution in [0.1, 0.15) is 34.5 Å². The van der Waals surface area contributed by atoms with E-state index in [2.05, 4.69) is 15.9 Å². The number of carboxylic acids is 1. The molecule has 0 aromatic heterocycles. The number of rotatable bonds is 5. The van der Waals surface area contributed by atoms with Crippen LogP contribution < -0.4 is 0 Å². The second-order valence-corrected chi connectivity index (χ2v) is 4.93. The van der Waals surface area contributed by atoms with Gasteiger partial charge in [-0.3, -0.25) is 4.79 Å². The zero-order valence-corrected chi connectivity index (χ0v) is 11.7. The van der Waals surface area contributed by atoms with Crippen molar-refractivity contribution in [2.24, 2.45) is 0 Å². The van der Waals surface area contributed by atoms with Crippen molar-refractivity contribution >= 4 is 27.7 Å². The highest BCUT2D eigenvalue weighted by atomic mass is 79.9. The molecule has 1 rings (SSSR count). The van der Waals surface area contributed by atoms with Gasteiger partial charge < -0.3 is 10.2 Å². The SMILES string of the molecule is CC(=O)C(Br)c1ccc(CC#N)cc1C(O)C(=O)O. The van der Waals surface area contributed by atoms with Crippen molar-refractivity contribution in [3.63, 3.8) is 0 Å². The minimum atomic E-state index is -1.73. The van der Waals surface area contributed by atoms with Gasteiger partial charge in [0.1, 0.15) is 5.78 Å². The third kappa shape index (κ3) is 3.63. The lowest BCUT2D eigenvalue weighted by Gasteiger charge is -2.16. The Labute approximate surface area is 118 Å². The first kappa shape index (κ1) is 15.3. The van der Waals surface area contributed by atoms with Crippen LogP contribution in [-0.4, -0.2) is 22.0 Å². The predicted octanol–water partition coefficient (Wildman–Crippen LogP) is 1.90. The van der Waals surface area contributed by atoms with Crippen molar-refractivity contribution in [1.29, 1.82) is 5.26 Å². The van der Waals surface area contributed by atoms with Crippen molar-refractivity contribution in [2.75, 3.05) is 0 Å². The van der Waals surface area contributed by atoms with E-state index in [9.17, 15) is 14.7 Å². The van der Waals surface area contributed by atoms with Gasteiger partial charge in [-0.1, -0.05) is 34.1 Å². The molecule has 0 saturated carbocycles. The van der Waals surface area contributed by atoms with Crippen LogP contribution in [0, 0.1) is 11.3 Å². The minimum absolute atomic E-state index is 0.104. The van der Waals surface area contributed by atoms with Gasteiger partial charge in [0.25, 0.3) is 0 Å². The molecule has 1 aromatic carbocycles. The van der Waals surface area contributed by atoms with E-state index in [-0.39, 0.29) is 17.8 Å². The van der Waals surface area contributed by atoms with Crippen molar-refractivity contribution < 1.29 is 19.8 Å². The van der Waals surface area contributed by atoms with E-state index in [1.807, 2.05) is 6.07 Å². The number of carboxylic acid groups (broad SMARTS) is 1. The summed E-state index contributed by atoms with van der Waals surface area (Å²) < 4.78 is 0. The molecule has 0 amide bonds. The highest BCUT2D eigenvalue weighted by Gasteiger charge is 2.25. The number of ketones is 1. The maximum Gasteiger partial charge on any atom is 0.337 e. The Morgan fingerprint density at radius 3 is 2.53 bits per heavy atom. The fourth-order valence-electron chi connectivity index (χ4n) is 1.65. The molecule has 0 aliphatic rings. The van der Waals surface area contributed by atoms with Crippen molar-refractivity contribution in [3.8, 4) is 6.07 Å². The van der Waals surface area contributed by atoms with Gasteiger partial charge >= 0.3 is 5.97 Å². The summed E-state index contributed by atoms with van der Waals surface area (Å²) in [6.45, 7) is 1.36. The van der Waals surface area contributed by atoms with E-state index in [4.69, 9.17) is 10.4 Å². The number of halogens is 1. The Balaban J connectivity index is 3.34. The number of hydrogen-bond donors (Lipinski definition) is 2.